The summed E-state index contributed by atoms with van der Waals surface area (Å²) in [6.45, 7) is 8.63. The molecule has 1 aliphatic rings. The second-order valence-electron chi connectivity index (χ2n) is 4.80. The Morgan fingerprint density at radius 3 is 2.71 bits per heavy atom. The Kier molecular flexibility index (Phi) is 4.02. The highest BCUT2D eigenvalue weighted by atomic mass is 16.5. The van der Waals surface area contributed by atoms with E-state index < -0.39 is 0 Å². The van der Waals surface area contributed by atoms with Crippen LogP contribution in [0.2, 0.25) is 0 Å². The van der Waals surface area contributed by atoms with E-state index in [2.05, 4.69) is 36.9 Å². The van der Waals surface area contributed by atoms with Crippen molar-refractivity contribution in [3.63, 3.8) is 0 Å². The predicted molar refractivity (Wildman–Crippen MR) is 71.7 cm³/mol. The van der Waals surface area contributed by atoms with Crippen LogP contribution in [0.4, 0.5) is 5.69 Å². The molecule has 2 N–H and O–H groups in total. The van der Waals surface area contributed by atoms with Crippen molar-refractivity contribution in [3.05, 3.63) is 29.3 Å². The van der Waals surface area contributed by atoms with Crippen molar-refractivity contribution in [1.82, 2.24) is 0 Å². The van der Waals surface area contributed by atoms with Gasteiger partial charge in [-0.1, -0.05) is 19.1 Å². The van der Waals surface area contributed by atoms with Crippen LogP contribution in [-0.4, -0.2) is 32.8 Å². The molecule has 0 amide bonds. The Morgan fingerprint density at radius 1 is 1.35 bits per heavy atom. The molecule has 1 fully saturated rings. The zero-order chi connectivity index (χ0) is 12.3. The number of nitrogens with zero attached hydrogens (tertiary/aromatic N) is 1. The molecule has 0 aliphatic carbocycles. The first kappa shape index (κ1) is 12.4. The quantitative estimate of drug-likeness (QED) is 0.868. The number of hydrogen-bond acceptors (Lipinski definition) is 3. The number of morpholine rings is 1. The van der Waals surface area contributed by atoms with Crippen LogP contribution < -0.4 is 10.6 Å². The number of ether oxygens (including phenoxy) is 1. The molecule has 0 aromatic heterocycles. The van der Waals surface area contributed by atoms with Gasteiger partial charge in [0.05, 0.1) is 13.2 Å². The summed E-state index contributed by atoms with van der Waals surface area (Å²) in [4.78, 5) is 2.41. The first-order valence-electron chi connectivity index (χ1n) is 6.35. The van der Waals surface area contributed by atoms with Gasteiger partial charge >= 0.3 is 0 Å². The number of nitrogens with two attached hydrogens (primary N) is 1. The molecule has 3 nitrogen and oxygen atoms in total. The second kappa shape index (κ2) is 5.52. The van der Waals surface area contributed by atoms with E-state index in [-0.39, 0.29) is 0 Å². The number of benzene rings is 1. The SMILES string of the molecule is Cc1ccc(C(C)CN)c(N2CCOCC2)c1. The minimum absolute atomic E-state index is 0.411. The minimum atomic E-state index is 0.411. The zero-order valence-electron chi connectivity index (χ0n) is 10.8. The topological polar surface area (TPSA) is 38.5 Å². The normalized spacial score (nSPS) is 18.2. The average molecular weight is 234 g/mol. The van der Waals surface area contributed by atoms with Crippen molar-refractivity contribution in [2.24, 2.45) is 5.73 Å². The Labute approximate surface area is 104 Å². The molecule has 1 atom stereocenters. The highest BCUT2D eigenvalue weighted by molar-refractivity contribution is 5.57. The van der Waals surface area contributed by atoms with Gasteiger partial charge in [-0.05, 0) is 36.6 Å². The Bertz CT molecular complexity index is 372. The van der Waals surface area contributed by atoms with Gasteiger partial charge < -0.3 is 15.4 Å². The Hall–Kier alpha value is -1.06. The maximum absolute atomic E-state index is 5.80. The van der Waals surface area contributed by atoms with Crippen molar-refractivity contribution >= 4 is 5.69 Å². The lowest BCUT2D eigenvalue weighted by Gasteiger charge is -2.32. The predicted octanol–water partition coefficient (Wildman–Crippen LogP) is 1.89. The number of rotatable bonds is 3. The molecule has 94 valence electrons. The van der Waals surface area contributed by atoms with Gasteiger partial charge in [-0.2, -0.15) is 0 Å². The van der Waals surface area contributed by atoms with Gasteiger partial charge in [-0.3, -0.25) is 0 Å². The van der Waals surface area contributed by atoms with E-state index in [4.69, 9.17) is 10.5 Å². The summed E-state index contributed by atoms with van der Waals surface area (Å²) in [7, 11) is 0. The molecule has 17 heavy (non-hydrogen) atoms. The third-order valence-electron chi connectivity index (χ3n) is 3.42. The summed E-state index contributed by atoms with van der Waals surface area (Å²) in [5.41, 5.74) is 9.80. The molecular formula is C14H22N2O. The van der Waals surface area contributed by atoms with E-state index in [9.17, 15) is 0 Å². The molecule has 1 unspecified atom stereocenters. The molecule has 0 bridgehead atoms. The minimum Gasteiger partial charge on any atom is -0.378 e. The lowest BCUT2D eigenvalue weighted by Crippen LogP contribution is -2.37. The molecule has 2 rings (SSSR count). The maximum atomic E-state index is 5.80. The Balaban J connectivity index is 2.31. The molecule has 0 spiro atoms. The molecule has 1 heterocycles. The third-order valence-corrected chi connectivity index (χ3v) is 3.42. The molecular weight excluding hydrogens is 212 g/mol. The number of hydrogen-bond donors (Lipinski definition) is 1. The van der Waals surface area contributed by atoms with Crippen molar-refractivity contribution in [2.75, 3.05) is 37.7 Å². The van der Waals surface area contributed by atoms with E-state index in [0.717, 1.165) is 26.3 Å². The zero-order valence-corrected chi connectivity index (χ0v) is 10.8. The van der Waals surface area contributed by atoms with Gasteiger partial charge in [0.15, 0.2) is 0 Å². The van der Waals surface area contributed by atoms with Crippen LogP contribution in [0.15, 0.2) is 18.2 Å². The molecule has 1 aromatic carbocycles. The van der Waals surface area contributed by atoms with Gasteiger partial charge in [0, 0.05) is 18.8 Å². The van der Waals surface area contributed by atoms with Gasteiger partial charge in [0.25, 0.3) is 0 Å². The molecule has 1 aromatic rings. The van der Waals surface area contributed by atoms with Gasteiger partial charge in [0.1, 0.15) is 0 Å². The van der Waals surface area contributed by atoms with E-state index in [0.29, 0.717) is 12.5 Å². The fourth-order valence-electron chi connectivity index (χ4n) is 2.28. The standard InChI is InChI=1S/C14H22N2O/c1-11-3-4-13(12(2)10-15)14(9-11)16-5-7-17-8-6-16/h3-4,9,12H,5-8,10,15H2,1-2H3. The second-order valence-corrected chi connectivity index (χ2v) is 4.80. The van der Waals surface area contributed by atoms with Crippen LogP contribution in [0.5, 0.6) is 0 Å². The lowest BCUT2D eigenvalue weighted by molar-refractivity contribution is 0.122. The maximum Gasteiger partial charge on any atom is 0.0642 e. The monoisotopic (exact) mass is 234 g/mol. The van der Waals surface area contributed by atoms with Crippen LogP contribution in [0.3, 0.4) is 0 Å². The van der Waals surface area contributed by atoms with Crippen molar-refractivity contribution in [1.29, 1.82) is 0 Å². The fourth-order valence-corrected chi connectivity index (χ4v) is 2.28. The van der Waals surface area contributed by atoms with Crippen LogP contribution in [0.25, 0.3) is 0 Å². The summed E-state index contributed by atoms with van der Waals surface area (Å²) < 4.78 is 5.41. The lowest BCUT2D eigenvalue weighted by atomic mass is 9.97. The van der Waals surface area contributed by atoms with Gasteiger partial charge in [0.2, 0.25) is 0 Å². The number of aryl methyl sites for hydroxylation is 1. The highest BCUT2D eigenvalue weighted by Gasteiger charge is 2.17. The summed E-state index contributed by atoms with van der Waals surface area (Å²) in [5, 5.41) is 0. The van der Waals surface area contributed by atoms with Crippen LogP contribution in [0, 0.1) is 6.92 Å². The van der Waals surface area contributed by atoms with Gasteiger partial charge in [-0.25, -0.2) is 0 Å². The smallest absolute Gasteiger partial charge is 0.0642 e. The van der Waals surface area contributed by atoms with Crippen molar-refractivity contribution < 1.29 is 4.74 Å². The third kappa shape index (κ3) is 2.79. The van der Waals surface area contributed by atoms with Crippen molar-refractivity contribution in [3.8, 4) is 0 Å². The first-order valence-corrected chi connectivity index (χ1v) is 6.35. The first-order chi connectivity index (χ1) is 8.22. The Morgan fingerprint density at radius 2 is 2.06 bits per heavy atom. The van der Waals surface area contributed by atoms with E-state index >= 15 is 0 Å². The fraction of sp³-hybridized carbons (Fsp3) is 0.571. The molecule has 1 saturated heterocycles. The summed E-state index contributed by atoms with van der Waals surface area (Å²) in [6.07, 6.45) is 0. The van der Waals surface area contributed by atoms with Crippen molar-refractivity contribution in [2.45, 2.75) is 19.8 Å². The van der Waals surface area contributed by atoms with Crippen LogP contribution >= 0.6 is 0 Å². The molecule has 1 aliphatic heterocycles. The van der Waals surface area contributed by atoms with Gasteiger partial charge in [-0.15, -0.1) is 0 Å². The van der Waals surface area contributed by atoms with E-state index in [1.807, 2.05) is 0 Å². The van der Waals surface area contributed by atoms with Crippen LogP contribution in [0.1, 0.15) is 24.0 Å². The molecule has 0 radical (unpaired) electrons. The summed E-state index contributed by atoms with van der Waals surface area (Å²) in [5.74, 6) is 0.411. The summed E-state index contributed by atoms with van der Waals surface area (Å²) >= 11 is 0. The average Bonchev–Trinajstić information content (AvgIpc) is 2.39. The highest BCUT2D eigenvalue weighted by Crippen LogP contribution is 2.29. The van der Waals surface area contributed by atoms with E-state index in [1.54, 1.807) is 0 Å². The van der Waals surface area contributed by atoms with E-state index in [1.165, 1.54) is 16.8 Å². The molecule has 0 saturated carbocycles. The molecule has 3 heteroatoms. The van der Waals surface area contributed by atoms with Crippen LogP contribution in [-0.2, 0) is 4.74 Å². The largest absolute Gasteiger partial charge is 0.378 e. The summed E-state index contributed by atoms with van der Waals surface area (Å²) in [6, 6.07) is 6.66. The number of anilines is 1.